The Bertz CT molecular complexity index is 470. The maximum absolute atomic E-state index is 11.9. The second kappa shape index (κ2) is 7.46. The zero-order valence-corrected chi connectivity index (χ0v) is 13.2. The SMILES string of the molecule is CC(C)CNC(=O)C(C)Oc1cccc(CNC2CC2)c1. The van der Waals surface area contributed by atoms with Gasteiger partial charge < -0.3 is 15.4 Å². The van der Waals surface area contributed by atoms with Gasteiger partial charge in [0.1, 0.15) is 5.75 Å². The van der Waals surface area contributed by atoms with Crippen LogP contribution < -0.4 is 15.4 Å². The van der Waals surface area contributed by atoms with Gasteiger partial charge >= 0.3 is 0 Å². The number of ether oxygens (including phenoxy) is 1. The summed E-state index contributed by atoms with van der Waals surface area (Å²) in [6.45, 7) is 7.46. The molecule has 21 heavy (non-hydrogen) atoms. The van der Waals surface area contributed by atoms with Gasteiger partial charge in [-0.05, 0) is 43.4 Å². The van der Waals surface area contributed by atoms with Gasteiger partial charge in [0.25, 0.3) is 5.91 Å². The molecule has 0 saturated heterocycles. The molecule has 1 saturated carbocycles. The van der Waals surface area contributed by atoms with Crippen LogP contribution in [0.5, 0.6) is 5.75 Å². The number of carbonyl (C=O) groups excluding carboxylic acids is 1. The molecule has 116 valence electrons. The zero-order valence-electron chi connectivity index (χ0n) is 13.2. The Morgan fingerprint density at radius 3 is 2.76 bits per heavy atom. The van der Waals surface area contributed by atoms with Crippen LogP contribution in [-0.2, 0) is 11.3 Å². The number of nitrogens with one attached hydrogen (secondary N) is 2. The first-order chi connectivity index (χ1) is 10.0. The lowest BCUT2D eigenvalue weighted by molar-refractivity contribution is -0.127. The Hall–Kier alpha value is -1.55. The molecule has 4 heteroatoms. The van der Waals surface area contributed by atoms with Crippen LogP contribution in [0.25, 0.3) is 0 Å². The van der Waals surface area contributed by atoms with E-state index in [0.29, 0.717) is 18.5 Å². The highest BCUT2D eigenvalue weighted by molar-refractivity contribution is 5.80. The summed E-state index contributed by atoms with van der Waals surface area (Å²) < 4.78 is 5.73. The molecule has 1 amide bonds. The van der Waals surface area contributed by atoms with E-state index in [-0.39, 0.29) is 5.91 Å². The summed E-state index contributed by atoms with van der Waals surface area (Å²) in [5, 5.41) is 6.36. The molecule has 1 fully saturated rings. The lowest BCUT2D eigenvalue weighted by Gasteiger charge is -2.16. The van der Waals surface area contributed by atoms with Crippen molar-refractivity contribution >= 4 is 5.91 Å². The number of carbonyl (C=O) groups is 1. The van der Waals surface area contributed by atoms with Gasteiger partial charge in [-0.3, -0.25) is 4.79 Å². The molecular formula is C17H26N2O2. The fraction of sp³-hybridized carbons (Fsp3) is 0.588. The van der Waals surface area contributed by atoms with Gasteiger partial charge in [-0.1, -0.05) is 26.0 Å². The lowest BCUT2D eigenvalue weighted by atomic mass is 10.2. The molecular weight excluding hydrogens is 264 g/mol. The second-order valence-corrected chi connectivity index (χ2v) is 6.20. The fourth-order valence-electron chi connectivity index (χ4n) is 1.98. The maximum atomic E-state index is 11.9. The van der Waals surface area contributed by atoms with Crippen LogP contribution in [0.2, 0.25) is 0 Å². The van der Waals surface area contributed by atoms with E-state index in [4.69, 9.17) is 4.74 Å². The van der Waals surface area contributed by atoms with Crippen molar-refractivity contribution < 1.29 is 9.53 Å². The van der Waals surface area contributed by atoms with Crippen molar-refractivity contribution in [1.82, 2.24) is 10.6 Å². The number of rotatable bonds is 8. The predicted molar refractivity (Wildman–Crippen MR) is 84.2 cm³/mol. The molecule has 1 aliphatic rings. The fourth-order valence-corrected chi connectivity index (χ4v) is 1.98. The van der Waals surface area contributed by atoms with Gasteiger partial charge in [0.2, 0.25) is 0 Å². The van der Waals surface area contributed by atoms with Crippen LogP contribution in [0.4, 0.5) is 0 Å². The average Bonchev–Trinajstić information content (AvgIpc) is 3.27. The minimum absolute atomic E-state index is 0.0646. The topological polar surface area (TPSA) is 50.4 Å². The van der Waals surface area contributed by atoms with E-state index in [1.54, 1.807) is 6.92 Å². The molecule has 1 aromatic rings. The molecule has 0 heterocycles. The third-order valence-corrected chi connectivity index (χ3v) is 3.44. The molecule has 1 unspecified atom stereocenters. The molecule has 0 bridgehead atoms. The minimum Gasteiger partial charge on any atom is -0.481 e. The van der Waals surface area contributed by atoms with Crippen molar-refractivity contribution in [2.75, 3.05) is 6.54 Å². The van der Waals surface area contributed by atoms with Crippen molar-refractivity contribution in [3.8, 4) is 5.75 Å². The third kappa shape index (κ3) is 5.76. The first kappa shape index (κ1) is 15.8. The number of hydrogen-bond acceptors (Lipinski definition) is 3. The molecule has 1 aromatic carbocycles. The van der Waals surface area contributed by atoms with Crippen LogP contribution in [0.1, 0.15) is 39.2 Å². The summed E-state index contributed by atoms with van der Waals surface area (Å²) in [5.74, 6) is 1.13. The summed E-state index contributed by atoms with van der Waals surface area (Å²) in [5.41, 5.74) is 1.19. The summed E-state index contributed by atoms with van der Waals surface area (Å²) in [4.78, 5) is 11.9. The van der Waals surface area contributed by atoms with Crippen LogP contribution >= 0.6 is 0 Å². The summed E-state index contributed by atoms with van der Waals surface area (Å²) in [7, 11) is 0. The van der Waals surface area contributed by atoms with E-state index in [1.807, 2.05) is 18.2 Å². The van der Waals surface area contributed by atoms with E-state index < -0.39 is 6.10 Å². The average molecular weight is 290 g/mol. The van der Waals surface area contributed by atoms with Gasteiger partial charge in [0.05, 0.1) is 0 Å². The quantitative estimate of drug-likeness (QED) is 0.773. The first-order valence-corrected chi connectivity index (χ1v) is 7.81. The number of hydrogen-bond donors (Lipinski definition) is 2. The van der Waals surface area contributed by atoms with Crippen molar-refractivity contribution in [3.63, 3.8) is 0 Å². The van der Waals surface area contributed by atoms with Crippen LogP contribution in [-0.4, -0.2) is 24.6 Å². The van der Waals surface area contributed by atoms with Crippen LogP contribution in [0.15, 0.2) is 24.3 Å². The highest BCUT2D eigenvalue weighted by atomic mass is 16.5. The molecule has 0 aromatic heterocycles. The molecule has 1 atom stereocenters. The monoisotopic (exact) mass is 290 g/mol. The Morgan fingerprint density at radius 2 is 2.10 bits per heavy atom. The zero-order chi connectivity index (χ0) is 15.2. The molecule has 2 rings (SSSR count). The normalized spacial score (nSPS) is 15.8. The highest BCUT2D eigenvalue weighted by Gasteiger charge is 2.20. The standard InChI is InChI=1S/C17H26N2O2/c1-12(2)10-19-17(20)13(3)21-16-6-4-5-14(9-16)11-18-15-7-8-15/h4-6,9,12-13,15,18H,7-8,10-11H2,1-3H3,(H,19,20). The van der Waals surface area contributed by atoms with E-state index in [9.17, 15) is 4.79 Å². The van der Waals surface area contributed by atoms with Crippen LogP contribution in [0.3, 0.4) is 0 Å². The molecule has 0 spiro atoms. The van der Waals surface area contributed by atoms with Gasteiger partial charge in [-0.2, -0.15) is 0 Å². The van der Waals surface area contributed by atoms with Gasteiger partial charge in [0, 0.05) is 19.1 Å². The Kier molecular flexibility index (Phi) is 5.62. The summed E-state index contributed by atoms with van der Waals surface area (Å²) in [6, 6.07) is 8.63. The van der Waals surface area contributed by atoms with Gasteiger partial charge in [0.15, 0.2) is 6.10 Å². The Morgan fingerprint density at radius 1 is 1.33 bits per heavy atom. The Labute approximate surface area is 127 Å². The van der Waals surface area contributed by atoms with Gasteiger partial charge in [-0.25, -0.2) is 0 Å². The predicted octanol–water partition coefficient (Wildman–Crippen LogP) is 2.48. The van der Waals surface area contributed by atoms with E-state index in [0.717, 1.165) is 12.3 Å². The highest BCUT2D eigenvalue weighted by Crippen LogP contribution is 2.20. The summed E-state index contributed by atoms with van der Waals surface area (Å²) >= 11 is 0. The Balaban J connectivity index is 1.82. The van der Waals surface area contributed by atoms with Crippen LogP contribution in [0, 0.1) is 5.92 Å². The minimum atomic E-state index is -0.476. The first-order valence-electron chi connectivity index (χ1n) is 7.81. The van der Waals surface area contributed by atoms with Crippen molar-refractivity contribution in [2.24, 2.45) is 5.92 Å². The maximum Gasteiger partial charge on any atom is 0.260 e. The van der Waals surface area contributed by atoms with E-state index in [2.05, 4.69) is 30.5 Å². The molecule has 0 aliphatic heterocycles. The van der Waals surface area contributed by atoms with E-state index in [1.165, 1.54) is 18.4 Å². The third-order valence-electron chi connectivity index (χ3n) is 3.44. The molecule has 1 aliphatic carbocycles. The van der Waals surface area contributed by atoms with Gasteiger partial charge in [-0.15, -0.1) is 0 Å². The number of amides is 1. The lowest BCUT2D eigenvalue weighted by Crippen LogP contribution is -2.38. The van der Waals surface area contributed by atoms with E-state index >= 15 is 0 Å². The molecule has 4 nitrogen and oxygen atoms in total. The second-order valence-electron chi connectivity index (χ2n) is 6.20. The van der Waals surface area contributed by atoms with Crippen molar-refractivity contribution in [3.05, 3.63) is 29.8 Å². The summed E-state index contributed by atoms with van der Waals surface area (Å²) in [6.07, 6.45) is 2.09. The van der Waals surface area contributed by atoms with Crippen molar-refractivity contribution in [1.29, 1.82) is 0 Å². The number of benzene rings is 1. The molecule has 0 radical (unpaired) electrons. The largest absolute Gasteiger partial charge is 0.481 e. The smallest absolute Gasteiger partial charge is 0.260 e. The molecule has 2 N–H and O–H groups in total. The van der Waals surface area contributed by atoms with Crippen molar-refractivity contribution in [2.45, 2.75) is 52.3 Å².